The fraction of sp³-hybridized carbons (Fsp3) is 0.118. The van der Waals surface area contributed by atoms with Gasteiger partial charge in [-0.25, -0.2) is 17.8 Å². The lowest BCUT2D eigenvalue weighted by molar-refractivity contribution is -0.119. The summed E-state index contributed by atoms with van der Waals surface area (Å²) in [5, 5.41) is 0.916. The predicted octanol–water partition coefficient (Wildman–Crippen LogP) is 2.12. The number of thioether (sulfide) groups is 1. The second-order valence-corrected chi connectivity index (χ2v) is 8.91. The first kappa shape index (κ1) is 18.1. The van der Waals surface area contributed by atoms with Gasteiger partial charge in [0, 0.05) is 18.2 Å². The largest absolute Gasteiger partial charge is 0.287 e. The number of nitrogens with one attached hydrogen (secondary N) is 1. The van der Waals surface area contributed by atoms with Crippen LogP contribution >= 0.6 is 11.8 Å². The minimum atomic E-state index is -4.29. The van der Waals surface area contributed by atoms with Crippen LogP contribution in [0.15, 0.2) is 53.7 Å². The predicted molar refractivity (Wildman–Crippen MR) is 93.2 cm³/mol. The van der Waals surface area contributed by atoms with Crippen LogP contribution in [0.4, 0.5) is 9.18 Å². The molecule has 26 heavy (non-hydrogen) atoms. The van der Waals surface area contributed by atoms with E-state index in [9.17, 15) is 22.4 Å². The standard InChI is InChI=1S/C17H11FN2O4S2/c18-13-8-6-12(7-9-13)4-3-10-17(15(21)20-16(22)25-17)26(23,24)14-5-1-2-11-19-14/h1-2,5-9,11H,10H2,(H,20,21,22). The van der Waals surface area contributed by atoms with E-state index in [-0.39, 0.29) is 5.03 Å². The highest BCUT2D eigenvalue weighted by molar-refractivity contribution is 8.25. The quantitative estimate of drug-likeness (QED) is 0.807. The van der Waals surface area contributed by atoms with Crippen LogP contribution in [0.3, 0.4) is 0 Å². The van der Waals surface area contributed by atoms with Gasteiger partial charge in [0.1, 0.15) is 5.82 Å². The number of carbonyl (C=O) groups excluding carboxylic acids is 2. The van der Waals surface area contributed by atoms with Crippen LogP contribution < -0.4 is 5.32 Å². The summed E-state index contributed by atoms with van der Waals surface area (Å²) >= 11 is 0.370. The van der Waals surface area contributed by atoms with Gasteiger partial charge in [-0.15, -0.1) is 0 Å². The molecule has 9 heteroatoms. The molecular weight excluding hydrogens is 379 g/mol. The van der Waals surface area contributed by atoms with E-state index >= 15 is 0 Å². The van der Waals surface area contributed by atoms with Crippen LogP contribution in [0, 0.1) is 17.7 Å². The van der Waals surface area contributed by atoms with E-state index in [2.05, 4.69) is 16.8 Å². The minimum Gasteiger partial charge on any atom is -0.285 e. The van der Waals surface area contributed by atoms with E-state index in [0.717, 1.165) is 0 Å². The van der Waals surface area contributed by atoms with Crippen molar-refractivity contribution in [2.45, 2.75) is 15.5 Å². The number of benzene rings is 1. The Kier molecular flexibility index (Phi) is 4.80. The Morgan fingerprint density at radius 2 is 1.88 bits per heavy atom. The maximum absolute atomic E-state index is 13.0. The number of sulfone groups is 1. The van der Waals surface area contributed by atoms with Gasteiger partial charge < -0.3 is 0 Å². The number of pyridine rings is 1. The minimum absolute atomic E-state index is 0.319. The highest BCUT2D eigenvalue weighted by Crippen LogP contribution is 2.42. The zero-order valence-electron chi connectivity index (χ0n) is 13.1. The molecule has 2 heterocycles. The zero-order valence-corrected chi connectivity index (χ0v) is 14.7. The number of carbonyl (C=O) groups is 2. The Morgan fingerprint density at radius 3 is 2.46 bits per heavy atom. The van der Waals surface area contributed by atoms with Gasteiger partial charge in [-0.05, 0) is 48.2 Å². The average Bonchev–Trinajstić information content (AvgIpc) is 2.92. The van der Waals surface area contributed by atoms with Gasteiger partial charge in [0.05, 0.1) is 0 Å². The SMILES string of the molecule is O=C1NC(=O)C(CC#Cc2ccc(F)cc2)(S(=O)(=O)c2ccccn2)S1. The molecule has 1 fully saturated rings. The highest BCUT2D eigenvalue weighted by Gasteiger charge is 2.58. The van der Waals surface area contributed by atoms with Gasteiger partial charge in [-0.2, -0.15) is 0 Å². The van der Waals surface area contributed by atoms with Crippen LogP contribution in [-0.2, 0) is 14.6 Å². The number of amides is 2. The zero-order chi connectivity index (χ0) is 18.8. The summed E-state index contributed by atoms with van der Waals surface area (Å²) in [5.41, 5.74) is 0.450. The molecule has 1 unspecified atom stereocenters. The van der Waals surface area contributed by atoms with E-state index in [1.165, 1.54) is 48.7 Å². The van der Waals surface area contributed by atoms with Crippen LogP contribution in [0.2, 0.25) is 0 Å². The lowest BCUT2D eigenvalue weighted by Gasteiger charge is -2.21. The number of imide groups is 1. The molecule has 0 radical (unpaired) electrons. The van der Waals surface area contributed by atoms with Crippen LogP contribution in [0.5, 0.6) is 0 Å². The topological polar surface area (TPSA) is 93.2 Å². The molecule has 0 bridgehead atoms. The van der Waals surface area contributed by atoms with Crippen LogP contribution in [0.1, 0.15) is 12.0 Å². The number of rotatable bonds is 3. The van der Waals surface area contributed by atoms with Gasteiger partial charge in [-0.3, -0.25) is 14.9 Å². The molecule has 1 aromatic carbocycles. The first-order valence-electron chi connectivity index (χ1n) is 7.30. The first-order valence-corrected chi connectivity index (χ1v) is 9.60. The maximum atomic E-state index is 13.0. The Balaban J connectivity index is 2.00. The van der Waals surface area contributed by atoms with Crippen molar-refractivity contribution in [2.75, 3.05) is 0 Å². The molecule has 3 rings (SSSR count). The summed E-state index contributed by atoms with van der Waals surface area (Å²) in [6.07, 6.45) is 0.857. The normalized spacial score (nSPS) is 19.6. The molecular formula is C17H11FN2O4S2. The molecule has 0 saturated carbocycles. The van der Waals surface area contributed by atoms with Gasteiger partial charge in [0.25, 0.3) is 11.1 Å². The Bertz CT molecular complexity index is 1030. The molecule has 6 nitrogen and oxygen atoms in total. The lowest BCUT2D eigenvalue weighted by atomic mass is 10.2. The molecule has 0 spiro atoms. The molecule has 132 valence electrons. The summed E-state index contributed by atoms with van der Waals surface area (Å²) in [4.78, 5) is 27.8. The first-order chi connectivity index (χ1) is 12.3. The van der Waals surface area contributed by atoms with Crippen LogP contribution in [0.25, 0.3) is 0 Å². The van der Waals surface area contributed by atoms with Gasteiger partial charge in [-0.1, -0.05) is 17.9 Å². The van der Waals surface area contributed by atoms with Gasteiger partial charge in [0.15, 0.2) is 5.03 Å². The Hall–Kier alpha value is -2.70. The summed E-state index contributed by atoms with van der Waals surface area (Å²) in [6, 6.07) is 9.53. The summed E-state index contributed by atoms with van der Waals surface area (Å²) in [6.45, 7) is 0. The lowest BCUT2D eigenvalue weighted by Crippen LogP contribution is -2.43. The van der Waals surface area contributed by atoms with Crippen LogP contribution in [-0.4, -0.2) is 28.6 Å². The third-order valence-electron chi connectivity index (χ3n) is 3.56. The van der Waals surface area contributed by atoms with Crippen molar-refractivity contribution >= 4 is 32.7 Å². The molecule has 1 aliphatic rings. The summed E-state index contributed by atoms with van der Waals surface area (Å²) in [7, 11) is -4.29. The molecule has 1 aromatic heterocycles. The molecule has 1 saturated heterocycles. The fourth-order valence-corrected chi connectivity index (χ4v) is 5.27. The van der Waals surface area contributed by atoms with Crippen molar-refractivity contribution in [1.29, 1.82) is 0 Å². The molecule has 1 N–H and O–H groups in total. The number of halogens is 1. The van der Waals surface area contributed by atoms with Gasteiger partial charge in [0.2, 0.25) is 13.9 Å². The van der Waals surface area contributed by atoms with E-state index in [0.29, 0.717) is 17.3 Å². The average molecular weight is 390 g/mol. The molecule has 2 aromatic rings. The second-order valence-electron chi connectivity index (χ2n) is 5.25. The van der Waals surface area contributed by atoms with Crippen molar-refractivity contribution in [3.05, 3.63) is 60.0 Å². The van der Waals surface area contributed by atoms with Crippen molar-refractivity contribution < 1.29 is 22.4 Å². The number of hydrogen-bond acceptors (Lipinski definition) is 6. The van der Waals surface area contributed by atoms with Crippen molar-refractivity contribution in [1.82, 2.24) is 10.3 Å². The Labute approximate surface area is 153 Å². The summed E-state index contributed by atoms with van der Waals surface area (Å²) < 4.78 is 36.8. The molecule has 0 aliphatic carbocycles. The third-order valence-corrected chi connectivity index (χ3v) is 7.41. The van der Waals surface area contributed by atoms with Crippen molar-refractivity contribution in [3.63, 3.8) is 0 Å². The molecule has 2 amide bonds. The number of aromatic nitrogens is 1. The van der Waals surface area contributed by atoms with E-state index < -0.39 is 37.3 Å². The monoisotopic (exact) mass is 390 g/mol. The smallest absolute Gasteiger partial charge is 0.285 e. The third kappa shape index (κ3) is 3.21. The number of nitrogens with zero attached hydrogens (tertiary/aromatic N) is 1. The van der Waals surface area contributed by atoms with Crippen molar-refractivity contribution in [3.8, 4) is 11.8 Å². The number of hydrogen-bond donors (Lipinski definition) is 1. The molecule has 1 aliphatic heterocycles. The molecule has 1 atom stereocenters. The second kappa shape index (κ2) is 6.90. The van der Waals surface area contributed by atoms with Gasteiger partial charge >= 0.3 is 0 Å². The van der Waals surface area contributed by atoms with E-state index in [1.54, 1.807) is 0 Å². The summed E-state index contributed by atoms with van der Waals surface area (Å²) in [5.74, 6) is 3.91. The fourth-order valence-electron chi connectivity index (χ4n) is 2.27. The maximum Gasteiger partial charge on any atom is 0.287 e. The van der Waals surface area contributed by atoms with E-state index in [4.69, 9.17) is 0 Å². The van der Waals surface area contributed by atoms with Crippen molar-refractivity contribution in [2.24, 2.45) is 0 Å². The Morgan fingerprint density at radius 1 is 1.15 bits per heavy atom. The highest BCUT2D eigenvalue weighted by atomic mass is 32.3. The van der Waals surface area contributed by atoms with E-state index in [1.807, 2.05) is 5.32 Å².